The number of aromatic nitrogens is 3. The second kappa shape index (κ2) is 5.72. The van der Waals surface area contributed by atoms with Crippen LogP contribution in [0.15, 0.2) is 42.5 Å². The smallest absolute Gasteiger partial charge is 0.417 e. The van der Waals surface area contributed by atoms with Crippen LogP contribution < -0.4 is 14.8 Å². The number of aryl methyl sites for hydroxylation is 1. The number of ether oxygens (including phenoxy) is 2. The number of methoxy groups -OCH3 is 1. The molecule has 0 aliphatic carbocycles. The Morgan fingerprint density at radius 2 is 1.86 bits per heavy atom. The molecule has 0 bridgehead atoms. The first-order chi connectivity index (χ1) is 10.7. The zero-order valence-corrected chi connectivity index (χ0v) is 12.1. The van der Waals surface area contributed by atoms with E-state index in [1.54, 1.807) is 55.2 Å². The van der Waals surface area contributed by atoms with Crippen LogP contribution in [0.1, 0.15) is 0 Å². The van der Waals surface area contributed by atoms with Gasteiger partial charge in [0.25, 0.3) is 0 Å². The van der Waals surface area contributed by atoms with Crippen molar-refractivity contribution in [3.63, 3.8) is 0 Å². The van der Waals surface area contributed by atoms with E-state index in [-0.39, 0.29) is 0 Å². The van der Waals surface area contributed by atoms with Crippen LogP contribution in [0.3, 0.4) is 0 Å². The van der Waals surface area contributed by atoms with Crippen molar-refractivity contribution in [3.8, 4) is 11.5 Å². The van der Waals surface area contributed by atoms with Gasteiger partial charge in [-0.1, -0.05) is 5.21 Å². The summed E-state index contributed by atoms with van der Waals surface area (Å²) in [4.78, 5) is 11.9. The lowest BCUT2D eigenvalue weighted by Crippen LogP contribution is -2.16. The van der Waals surface area contributed by atoms with E-state index < -0.39 is 6.09 Å². The van der Waals surface area contributed by atoms with Crippen molar-refractivity contribution >= 4 is 22.8 Å². The van der Waals surface area contributed by atoms with Gasteiger partial charge >= 0.3 is 6.09 Å². The number of benzene rings is 2. The second-order valence-electron chi connectivity index (χ2n) is 4.61. The molecule has 0 aliphatic rings. The monoisotopic (exact) mass is 298 g/mol. The number of rotatable bonds is 3. The Morgan fingerprint density at radius 1 is 1.14 bits per heavy atom. The summed E-state index contributed by atoms with van der Waals surface area (Å²) >= 11 is 0. The molecule has 2 aromatic carbocycles. The highest BCUT2D eigenvalue weighted by molar-refractivity contribution is 5.89. The van der Waals surface area contributed by atoms with Crippen LogP contribution in [0.2, 0.25) is 0 Å². The molecule has 0 spiro atoms. The maximum atomic E-state index is 11.9. The van der Waals surface area contributed by atoms with Crippen molar-refractivity contribution in [2.75, 3.05) is 12.4 Å². The molecule has 7 heteroatoms. The number of hydrogen-bond acceptors (Lipinski definition) is 5. The molecule has 0 atom stereocenters. The lowest BCUT2D eigenvalue weighted by Gasteiger charge is -2.07. The maximum Gasteiger partial charge on any atom is 0.417 e. The van der Waals surface area contributed by atoms with Gasteiger partial charge in [-0.15, -0.1) is 5.10 Å². The second-order valence-corrected chi connectivity index (χ2v) is 4.61. The fraction of sp³-hybridized carbons (Fsp3) is 0.133. The number of hydrogen-bond donors (Lipinski definition) is 1. The van der Waals surface area contributed by atoms with Crippen LogP contribution in [-0.4, -0.2) is 28.2 Å². The Hall–Kier alpha value is -3.09. The summed E-state index contributed by atoms with van der Waals surface area (Å²) in [5, 5.41) is 10.6. The number of anilines is 1. The third kappa shape index (κ3) is 2.83. The lowest BCUT2D eigenvalue weighted by molar-refractivity contribution is 0.215. The van der Waals surface area contributed by atoms with Crippen molar-refractivity contribution < 1.29 is 14.3 Å². The van der Waals surface area contributed by atoms with Crippen LogP contribution in [0, 0.1) is 0 Å². The molecule has 3 rings (SSSR count). The molecule has 1 aromatic heterocycles. The first-order valence-corrected chi connectivity index (χ1v) is 6.58. The fourth-order valence-corrected chi connectivity index (χ4v) is 2.01. The van der Waals surface area contributed by atoms with Gasteiger partial charge in [0.15, 0.2) is 0 Å². The van der Waals surface area contributed by atoms with E-state index in [0.717, 1.165) is 5.52 Å². The molecule has 0 saturated heterocycles. The first kappa shape index (κ1) is 13.9. The van der Waals surface area contributed by atoms with Gasteiger partial charge in [-0.05, 0) is 42.5 Å². The predicted molar refractivity (Wildman–Crippen MR) is 81.1 cm³/mol. The SMILES string of the molecule is COc1ccc(OC(=O)Nc2ccc3c(c2)nnn3C)cc1. The largest absolute Gasteiger partial charge is 0.497 e. The minimum atomic E-state index is -0.576. The van der Waals surface area contributed by atoms with Crippen LogP contribution in [-0.2, 0) is 7.05 Å². The average molecular weight is 298 g/mol. The molecule has 3 aromatic rings. The van der Waals surface area contributed by atoms with E-state index in [1.165, 1.54) is 0 Å². The molecule has 0 fully saturated rings. The number of carbonyl (C=O) groups is 1. The van der Waals surface area contributed by atoms with Gasteiger partial charge in [-0.3, -0.25) is 5.32 Å². The van der Waals surface area contributed by atoms with Crippen LogP contribution >= 0.6 is 0 Å². The van der Waals surface area contributed by atoms with E-state index in [0.29, 0.717) is 22.7 Å². The van der Waals surface area contributed by atoms with Crippen molar-refractivity contribution in [2.24, 2.45) is 7.05 Å². The van der Waals surface area contributed by atoms with Gasteiger partial charge in [0.05, 0.1) is 12.6 Å². The van der Waals surface area contributed by atoms with Gasteiger partial charge in [-0.25, -0.2) is 9.48 Å². The molecule has 0 aliphatic heterocycles. The van der Waals surface area contributed by atoms with E-state index >= 15 is 0 Å². The van der Waals surface area contributed by atoms with Crippen molar-refractivity contribution in [1.82, 2.24) is 15.0 Å². The zero-order chi connectivity index (χ0) is 15.5. The standard InChI is InChI=1S/C15H14N4O3/c1-19-14-8-3-10(9-13(14)17-18-19)16-15(20)22-12-6-4-11(21-2)5-7-12/h3-9H,1-2H3,(H,16,20). The molecule has 112 valence electrons. The van der Waals surface area contributed by atoms with E-state index in [9.17, 15) is 4.79 Å². The molecule has 22 heavy (non-hydrogen) atoms. The van der Waals surface area contributed by atoms with E-state index in [4.69, 9.17) is 9.47 Å². The molecule has 7 nitrogen and oxygen atoms in total. The number of nitrogens with one attached hydrogen (secondary N) is 1. The molecule has 1 N–H and O–H groups in total. The van der Waals surface area contributed by atoms with Crippen molar-refractivity contribution in [3.05, 3.63) is 42.5 Å². The molecule has 1 amide bonds. The summed E-state index contributed by atoms with van der Waals surface area (Å²) in [6, 6.07) is 12.1. The Balaban J connectivity index is 1.69. The summed E-state index contributed by atoms with van der Waals surface area (Å²) in [6.45, 7) is 0. The van der Waals surface area contributed by atoms with Gasteiger partial charge in [0, 0.05) is 12.7 Å². The number of amides is 1. The number of fused-ring (bicyclic) bond motifs is 1. The van der Waals surface area contributed by atoms with Gasteiger partial charge < -0.3 is 9.47 Å². The topological polar surface area (TPSA) is 78.3 Å². The number of nitrogens with zero attached hydrogens (tertiary/aromatic N) is 3. The molecular weight excluding hydrogens is 284 g/mol. The van der Waals surface area contributed by atoms with Gasteiger partial charge in [-0.2, -0.15) is 0 Å². The maximum absolute atomic E-state index is 11.9. The highest BCUT2D eigenvalue weighted by atomic mass is 16.6. The minimum Gasteiger partial charge on any atom is -0.497 e. The molecule has 0 radical (unpaired) electrons. The highest BCUT2D eigenvalue weighted by Crippen LogP contribution is 2.19. The zero-order valence-electron chi connectivity index (χ0n) is 12.1. The summed E-state index contributed by atoms with van der Waals surface area (Å²) < 4.78 is 11.9. The number of carbonyl (C=O) groups excluding carboxylic acids is 1. The Bertz CT molecular complexity index is 811. The lowest BCUT2D eigenvalue weighted by atomic mass is 10.3. The molecule has 1 heterocycles. The van der Waals surface area contributed by atoms with Crippen LogP contribution in [0.4, 0.5) is 10.5 Å². The van der Waals surface area contributed by atoms with Crippen LogP contribution in [0.5, 0.6) is 11.5 Å². The fourth-order valence-electron chi connectivity index (χ4n) is 2.01. The summed E-state index contributed by atoms with van der Waals surface area (Å²) in [6.07, 6.45) is -0.576. The average Bonchev–Trinajstić information content (AvgIpc) is 2.89. The highest BCUT2D eigenvalue weighted by Gasteiger charge is 2.08. The summed E-state index contributed by atoms with van der Waals surface area (Å²) in [5.41, 5.74) is 2.17. The predicted octanol–water partition coefficient (Wildman–Crippen LogP) is 2.59. The van der Waals surface area contributed by atoms with Crippen molar-refractivity contribution in [1.29, 1.82) is 0 Å². The first-order valence-electron chi connectivity index (χ1n) is 6.58. The van der Waals surface area contributed by atoms with Gasteiger partial charge in [0.2, 0.25) is 0 Å². The molecular formula is C15H14N4O3. The minimum absolute atomic E-state index is 0.430. The Kier molecular flexibility index (Phi) is 3.61. The molecule has 0 unspecified atom stereocenters. The van der Waals surface area contributed by atoms with E-state index in [1.807, 2.05) is 6.07 Å². The quantitative estimate of drug-likeness (QED) is 0.804. The third-order valence-corrected chi connectivity index (χ3v) is 3.13. The summed E-state index contributed by atoms with van der Waals surface area (Å²) in [7, 11) is 3.38. The normalized spacial score (nSPS) is 10.5. The Labute approximate surface area is 126 Å². The van der Waals surface area contributed by atoms with E-state index in [2.05, 4.69) is 15.6 Å². The third-order valence-electron chi connectivity index (χ3n) is 3.13. The summed E-state index contributed by atoms with van der Waals surface area (Å²) in [5.74, 6) is 1.12. The van der Waals surface area contributed by atoms with Gasteiger partial charge in [0.1, 0.15) is 17.0 Å². The Morgan fingerprint density at radius 3 is 2.59 bits per heavy atom. The molecule has 0 saturated carbocycles. The van der Waals surface area contributed by atoms with Crippen molar-refractivity contribution in [2.45, 2.75) is 0 Å². The van der Waals surface area contributed by atoms with Crippen LogP contribution in [0.25, 0.3) is 11.0 Å².